The third-order valence-electron chi connectivity index (χ3n) is 2.25. The molecule has 0 aliphatic rings. The lowest BCUT2D eigenvalue weighted by atomic mass is 10.2. The highest BCUT2D eigenvalue weighted by atomic mass is 79.9. The first-order valence-electron chi connectivity index (χ1n) is 4.91. The Morgan fingerprint density at radius 3 is 2.33 bits per heavy atom. The maximum absolute atomic E-state index is 13.0. The van der Waals surface area contributed by atoms with Gasteiger partial charge in [0.15, 0.2) is 5.82 Å². The number of nitrogens with zero attached hydrogens (tertiary/aromatic N) is 2. The second-order valence-electron chi connectivity index (χ2n) is 3.63. The van der Waals surface area contributed by atoms with Crippen LogP contribution in [0, 0.1) is 11.6 Å². The van der Waals surface area contributed by atoms with Crippen LogP contribution in [0.25, 0.3) is 0 Å². The lowest BCUT2D eigenvalue weighted by molar-refractivity contribution is 0.136. The standard InChI is InChI=1S/C11H7BrF4N2/c12-9-5-18(11(17-9)10(15)16)4-6-1-7(13)3-8(14)2-6/h1-3,5,10H,4H2. The zero-order valence-electron chi connectivity index (χ0n) is 8.88. The number of halogens is 5. The fourth-order valence-corrected chi connectivity index (χ4v) is 2.03. The maximum atomic E-state index is 13.0. The first kappa shape index (κ1) is 13.1. The molecule has 0 aliphatic heterocycles. The smallest absolute Gasteiger partial charge is 0.295 e. The summed E-state index contributed by atoms with van der Waals surface area (Å²) in [7, 11) is 0. The van der Waals surface area contributed by atoms with Crippen LogP contribution < -0.4 is 0 Å². The van der Waals surface area contributed by atoms with Gasteiger partial charge in [0.2, 0.25) is 0 Å². The molecule has 1 aromatic heterocycles. The molecular weight excluding hydrogens is 316 g/mol. The van der Waals surface area contributed by atoms with Crippen LogP contribution in [0.3, 0.4) is 0 Å². The Bertz CT molecular complexity index is 548. The first-order chi connectivity index (χ1) is 8.45. The molecule has 2 aromatic rings. The Balaban J connectivity index is 2.33. The second-order valence-corrected chi connectivity index (χ2v) is 4.44. The van der Waals surface area contributed by atoms with E-state index in [1.54, 1.807) is 0 Å². The predicted molar refractivity (Wildman–Crippen MR) is 60.3 cm³/mol. The number of hydrogen-bond acceptors (Lipinski definition) is 1. The number of hydrogen-bond donors (Lipinski definition) is 0. The van der Waals surface area contributed by atoms with E-state index < -0.39 is 23.9 Å². The minimum absolute atomic E-state index is 0.0764. The minimum atomic E-state index is -2.75. The van der Waals surface area contributed by atoms with E-state index in [0.29, 0.717) is 0 Å². The van der Waals surface area contributed by atoms with Gasteiger partial charge in [0, 0.05) is 18.8 Å². The van der Waals surface area contributed by atoms with Gasteiger partial charge in [-0.25, -0.2) is 22.5 Å². The van der Waals surface area contributed by atoms with E-state index in [-0.39, 0.29) is 16.7 Å². The average Bonchev–Trinajstić information content (AvgIpc) is 2.57. The van der Waals surface area contributed by atoms with Crippen LogP contribution in [0.1, 0.15) is 17.8 Å². The van der Waals surface area contributed by atoms with Crippen LogP contribution in [0.15, 0.2) is 29.0 Å². The Labute approximate surface area is 108 Å². The normalized spacial score (nSPS) is 11.2. The van der Waals surface area contributed by atoms with E-state index in [9.17, 15) is 17.6 Å². The second kappa shape index (κ2) is 5.09. The van der Waals surface area contributed by atoms with E-state index in [2.05, 4.69) is 20.9 Å². The summed E-state index contributed by atoms with van der Waals surface area (Å²) >= 11 is 2.98. The summed E-state index contributed by atoms with van der Waals surface area (Å²) in [6.45, 7) is -0.0764. The largest absolute Gasteiger partial charge is 0.325 e. The van der Waals surface area contributed by atoms with Gasteiger partial charge in [-0.05, 0) is 33.6 Å². The molecule has 96 valence electrons. The summed E-state index contributed by atoms with van der Waals surface area (Å²) in [5.41, 5.74) is 0.249. The molecule has 18 heavy (non-hydrogen) atoms. The van der Waals surface area contributed by atoms with Gasteiger partial charge in [0.05, 0.1) is 0 Å². The van der Waals surface area contributed by atoms with Crippen molar-refractivity contribution in [3.05, 3.63) is 52.0 Å². The topological polar surface area (TPSA) is 17.8 Å². The SMILES string of the molecule is Fc1cc(F)cc(Cn2cc(Br)nc2C(F)F)c1. The third-order valence-corrected chi connectivity index (χ3v) is 2.63. The molecule has 0 amide bonds. The molecule has 0 fully saturated rings. The van der Waals surface area contributed by atoms with Crippen molar-refractivity contribution in [3.63, 3.8) is 0 Å². The van der Waals surface area contributed by atoms with Crippen LogP contribution in [-0.4, -0.2) is 9.55 Å². The van der Waals surface area contributed by atoms with Crippen molar-refractivity contribution in [2.24, 2.45) is 0 Å². The van der Waals surface area contributed by atoms with Crippen molar-refractivity contribution >= 4 is 15.9 Å². The Morgan fingerprint density at radius 2 is 1.78 bits per heavy atom. The molecule has 0 saturated heterocycles. The third kappa shape index (κ3) is 2.90. The molecular formula is C11H7BrF4N2. The predicted octanol–water partition coefficient (Wildman–Crippen LogP) is 3.91. The molecule has 0 aliphatic carbocycles. The summed E-state index contributed by atoms with van der Waals surface area (Å²) in [5, 5.41) is 0. The van der Waals surface area contributed by atoms with Crippen LogP contribution in [0.2, 0.25) is 0 Å². The van der Waals surface area contributed by atoms with Crippen molar-refractivity contribution in [1.29, 1.82) is 0 Å². The first-order valence-corrected chi connectivity index (χ1v) is 5.70. The van der Waals surface area contributed by atoms with Crippen molar-refractivity contribution in [2.75, 3.05) is 0 Å². The van der Waals surface area contributed by atoms with Crippen LogP contribution in [-0.2, 0) is 6.54 Å². The van der Waals surface area contributed by atoms with Gasteiger partial charge >= 0.3 is 0 Å². The van der Waals surface area contributed by atoms with E-state index in [0.717, 1.165) is 22.8 Å². The molecule has 2 nitrogen and oxygen atoms in total. The molecule has 0 spiro atoms. The molecule has 0 radical (unpaired) electrons. The van der Waals surface area contributed by atoms with E-state index in [1.165, 1.54) is 6.20 Å². The zero-order chi connectivity index (χ0) is 13.3. The number of aromatic nitrogens is 2. The zero-order valence-corrected chi connectivity index (χ0v) is 10.5. The van der Waals surface area contributed by atoms with Gasteiger partial charge in [-0.1, -0.05) is 0 Å². The summed E-state index contributed by atoms with van der Waals surface area (Å²) in [6, 6.07) is 2.90. The monoisotopic (exact) mass is 322 g/mol. The van der Waals surface area contributed by atoms with Gasteiger partial charge in [-0.3, -0.25) is 0 Å². The summed E-state index contributed by atoms with van der Waals surface area (Å²) in [4.78, 5) is 3.59. The summed E-state index contributed by atoms with van der Waals surface area (Å²) in [6.07, 6.45) is -1.42. The van der Waals surface area contributed by atoms with Gasteiger partial charge in [0.1, 0.15) is 16.2 Å². The molecule has 0 unspecified atom stereocenters. The quantitative estimate of drug-likeness (QED) is 0.783. The van der Waals surface area contributed by atoms with Crippen molar-refractivity contribution in [1.82, 2.24) is 9.55 Å². The number of rotatable bonds is 3. The Morgan fingerprint density at radius 1 is 1.17 bits per heavy atom. The van der Waals surface area contributed by atoms with Crippen LogP contribution >= 0.6 is 15.9 Å². The fourth-order valence-electron chi connectivity index (χ4n) is 1.60. The highest BCUT2D eigenvalue weighted by Crippen LogP contribution is 2.22. The van der Waals surface area contributed by atoms with Gasteiger partial charge in [-0.15, -0.1) is 0 Å². The fraction of sp³-hybridized carbons (Fsp3) is 0.182. The van der Waals surface area contributed by atoms with Crippen molar-refractivity contribution < 1.29 is 17.6 Å². The highest BCUT2D eigenvalue weighted by Gasteiger charge is 2.16. The summed E-state index contributed by atoms with van der Waals surface area (Å²) in [5.74, 6) is -1.95. The lowest BCUT2D eigenvalue weighted by Crippen LogP contribution is -2.05. The molecule has 7 heteroatoms. The molecule has 0 N–H and O–H groups in total. The molecule has 1 aromatic carbocycles. The minimum Gasteiger partial charge on any atom is -0.325 e. The average molecular weight is 323 g/mol. The number of alkyl halides is 2. The van der Waals surface area contributed by atoms with Crippen molar-refractivity contribution in [2.45, 2.75) is 13.0 Å². The van der Waals surface area contributed by atoms with Crippen LogP contribution in [0.5, 0.6) is 0 Å². The molecule has 0 atom stereocenters. The molecule has 2 rings (SSSR count). The Kier molecular flexibility index (Phi) is 3.70. The summed E-state index contributed by atoms with van der Waals surface area (Å²) < 4.78 is 52.6. The molecule has 1 heterocycles. The van der Waals surface area contributed by atoms with E-state index in [4.69, 9.17) is 0 Å². The van der Waals surface area contributed by atoms with E-state index in [1.807, 2.05) is 0 Å². The Hall–Kier alpha value is -1.37. The highest BCUT2D eigenvalue weighted by molar-refractivity contribution is 9.10. The van der Waals surface area contributed by atoms with Crippen LogP contribution in [0.4, 0.5) is 17.6 Å². The van der Waals surface area contributed by atoms with Gasteiger partial charge in [-0.2, -0.15) is 0 Å². The lowest BCUT2D eigenvalue weighted by Gasteiger charge is -2.07. The van der Waals surface area contributed by atoms with Crippen molar-refractivity contribution in [3.8, 4) is 0 Å². The van der Waals surface area contributed by atoms with E-state index >= 15 is 0 Å². The van der Waals surface area contributed by atoms with Gasteiger partial charge < -0.3 is 4.57 Å². The van der Waals surface area contributed by atoms with Gasteiger partial charge in [0.25, 0.3) is 6.43 Å². The number of imidazole rings is 1. The number of benzene rings is 1. The molecule has 0 bridgehead atoms. The maximum Gasteiger partial charge on any atom is 0.295 e. The molecule has 0 saturated carbocycles.